The largest absolute Gasteiger partial charge is 0.383 e. The van der Waals surface area contributed by atoms with Crippen LogP contribution in [0.4, 0.5) is 10.8 Å². The Morgan fingerprint density at radius 1 is 1.28 bits per heavy atom. The highest BCUT2D eigenvalue weighted by atomic mass is 32.2. The van der Waals surface area contributed by atoms with Crippen molar-refractivity contribution in [1.29, 1.82) is 0 Å². The molecule has 152 valence electrons. The summed E-state index contributed by atoms with van der Waals surface area (Å²) in [6, 6.07) is 12.9. The van der Waals surface area contributed by atoms with Gasteiger partial charge in [-0.1, -0.05) is 23.5 Å². The average Bonchev–Trinajstić information content (AvgIpc) is 3.31. The van der Waals surface area contributed by atoms with E-state index in [4.69, 9.17) is 4.74 Å². The first-order valence-electron chi connectivity index (χ1n) is 9.15. The van der Waals surface area contributed by atoms with Gasteiger partial charge < -0.3 is 4.74 Å². The number of anilines is 2. The third-order valence-corrected chi connectivity index (χ3v) is 7.10. The second-order valence-corrected chi connectivity index (χ2v) is 9.76. The number of fused-ring (bicyclic) bond motifs is 2. The van der Waals surface area contributed by atoms with Crippen LogP contribution in [0, 0.1) is 0 Å². The molecule has 1 amide bonds. The number of hydrogen-bond donors (Lipinski definition) is 0. The zero-order valence-electron chi connectivity index (χ0n) is 16.2. The standard InChI is InChI=1S/C20H21N3O4S2/c1-27-12-11-22(20-21-16-5-3-4-6-18(16)28-20)19(24)15-7-8-17-14(13-15)9-10-23(17)29(2,25)26/h3-8,13H,9-12H2,1-2H3. The molecule has 0 spiro atoms. The van der Waals surface area contributed by atoms with Gasteiger partial charge in [0.1, 0.15) is 0 Å². The van der Waals surface area contributed by atoms with Gasteiger partial charge in [0.15, 0.2) is 5.13 Å². The maximum absolute atomic E-state index is 13.3. The van der Waals surface area contributed by atoms with Crippen molar-refractivity contribution >= 4 is 48.3 Å². The van der Waals surface area contributed by atoms with Crippen LogP contribution in [0.1, 0.15) is 15.9 Å². The molecule has 2 heterocycles. The molecule has 0 atom stereocenters. The van der Waals surface area contributed by atoms with E-state index in [1.165, 1.54) is 21.9 Å². The topological polar surface area (TPSA) is 79.8 Å². The first-order valence-corrected chi connectivity index (χ1v) is 11.8. The van der Waals surface area contributed by atoms with Crippen molar-refractivity contribution < 1.29 is 17.9 Å². The number of sulfonamides is 1. The van der Waals surface area contributed by atoms with E-state index in [-0.39, 0.29) is 5.91 Å². The number of amides is 1. The minimum absolute atomic E-state index is 0.179. The van der Waals surface area contributed by atoms with Crippen molar-refractivity contribution in [3.63, 3.8) is 0 Å². The van der Waals surface area contributed by atoms with E-state index < -0.39 is 10.0 Å². The molecule has 1 aliphatic rings. The maximum Gasteiger partial charge on any atom is 0.260 e. The molecule has 0 fully saturated rings. The fourth-order valence-electron chi connectivity index (χ4n) is 3.45. The number of ether oxygens (including phenoxy) is 1. The van der Waals surface area contributed by atoms with Crippen LogP contribution in [0.3, 0.4) is 0 Å². The van der Waals surface area contributed by atoms with Gasteiger partial charge in [0.05, 0.1) is 35.3 Å². The van der Waals surface area contributed by atoms with Crippen LogP contribution in [0.5, 0.6) is 0 Å². The van der Waals surface area contributed by atoms with Crippen LogP contribution in [-0.4, -0.2) is 52.4 Å². The lowest BCUT2D eigenvalue weighted by Gasteiger charge is -2.20. The summed E-state index contributed by atoms with van der Waals surface area (Å²) in [5, 5.41) is 0.617. The minimum Gasteiger partial charge on any atom is -0.383 e. The second kappa shape index (κ2) is 7.74. The monoisotopic (exact) mass is 431 g/mol. The molecule has 0 aliphatic carbocycles. The second-order valence-electron chi connectivity index (χ2n) is 6.84. The van der Waals surface area contributed by atoms with Crippen molar-refractivity contribution in [2.45, 2.75) is 6.42 Å². The zero-order chi connectivity index (χ0) is 20.6. The number of methoxy groups -OCH3 is 1. The van der Waals surface area contributed by atoms with Crippen LogP contribution >= 0.6 is 11.3 Å². The van der Waals surface area contributed by atoms with Crippen LogP contribution in [-0.2, 0) is 21.2 Å². The molecular formula is C20H21N3O4S2. The highest BCUT2D eigenvalue weighted by Gasteiger charge is 2.28. The van der Waals surface area contributed by atoms with Crippen LogP contribution in [0.2, 0.25) is 0 Å². The van der Waals surface area contributed by atoms with E-state index in [9.17, 15) is 13.2 Å². The van der Waals surface area contributed by atoms with E-state index >= 15 is 0 Å². The molecule has 2 aromatic carbocycles. The van der Waals surface area contributed by atoms with Crippen molar-refractivity contribution in [3.8, 4) is 0 Å². The molecule has 0 N–H and O–H groups in total. The van der Waals surface area contributed by atoms with Gasteiger partial charge in [0.25, 0.3) is 5.91 Å². The van der Waals surface area contributed by atoms with Gasteiger partial charge in [0, 0.05) is 19.2 Å². The summed E-state index contributed by atoms with van der Waals surface area (Å²) < 4.78 is 31.5. The number of carbonyl (C=O) groups excluding carboxylic acids is 1. The Morgan fingerprint density at radius 3 is 2.79 bits per heavy atom. The van der Waals surface area contributed by atoms with E-state index in [2.05, 4.69) is 4.98 Å². The van der Waals surface area contributed by atoms with Gasteiger partial charge in [0.2, 0.25) is 10.0 Å². The fraction of sp³-hybridized carbons (Fsp3) is 0.300. The Labute approximate surface area is 173 Å². The zero-order valence-corrected chi connectivity index (χ0v) is 17.8. The summed E-state index contributed by atoms with van der Waals surface area (Å²) in [4.78, 5) is 19.5. The van der Waals surface area contributed by atoms with Crippen molar-refractivity contribution in [2.75, 3.05) is 42.3 Å². The van der Waals surface area contributed by atoms with Crippen molar-refractivity contribution in [3.05, 3.63) is 53.6 Å². The molecule has 1 aromatic heterocycles. The Bertz CT molecular complexity index is 1140. The molecule has 0 unspecified atom stereocenters. The van der Waals surface area contributed by atoms with E-state index in [0.29, 0.717) is 42.5 Å². The summed E-state index contributed by atoms with van der Waals surface area (Å²) in [6.45, 7) is 1.16. The Kier molecular flexibility index (Phi) is 5.28. The third kappa shape index (κ3) is 3.85. The summed E-state index contributed by atoms with van der Waals surface area (Å²) in [5.74, 6) is -0.179. The normalized spacial score (nSPS) is 13.7. The number of benzene rings is 2. The van der Waals surface area contributed by atoms with Gasteiger partial charge in [-0.25, -0.2) is 13.4 Å². The van der Waals surface area contributed by atoms with Gasteiger partial charge in [-0.3, -0.25) is 14.0 Å². The first-order chi connectivity index (χ1) is 13.9. The highest BCUT2D eigenvalue weighted by molar-refractivity contribution is 7.92. The van der Waals surface area contributed by atoms with E-state index in [0.717, 1.165) is 15.8 Å². The molecule has 3 aromatic rings. The molecule has 0 saturated heterocycles. The summed E-state index contributed by atoms with van der Waals surface area (Å²) in [7, 11) is -1.73. The highest BCUT2D eigenvalue weighted by Crippen LogP contribution is 2.33. The van der Waals surface area contributed by atoms with E-state index in [1.54, 1.807) is 30.2 Å². The predicted molar refractivity (Wildman–Crippen MR) is 116 cm³/mol. The lowest BCUT2D eigenvalue weighted by molar-refractivity contribution is 0.0976. The van der Waals surface area contributed by atoms with Crippen LogP contribution in [0.25, 0.3) is 10.2 Å². The maximum atomic E-state index is 13.3. The number of para-hydroxylation sites is 1. The molecule has 29 heavy (non-hydrogen) atoms. The Morgan fingerprint density at radius 2 is 2.07 bits per heavy atom. The Balaban J connectivity index is 1.68. The van der Waals surface area contributed by atoms with Gasteiger partial charge in [-0.2, -0.15) is 0 Å². The predicted octanol–water partition coefficient (Wildman–Crippen LogP) is 2.91. The molecule has 1 aliphatic heterocycles. The fourth-order valence-corrected chi connectivity index (χ4v) is 5.40. The SMILES string of the molecule is COCCN(C(=O)c1ccc2c(c1)CCN2S(C)(=O)=O)c1nc2ccccc2s1. The number of hydrogen-bond acceptors (Lipinski definition) is 6. The lowest BCUT2D eigenvalue weighted by Crippen LogP contribution is -2.34. The van der Waals surface area contributed by atoms with Gasteiger partial charge in [-0.15, -0.1) is 0 Å². The summed E-state index contributed by atoms with van der Waals surface area (Å²) >= 11 is 1.46. The quantitative estimate of drug-likeness (QED) is 0.600. The molecular weight excluding hydrogens is 410 g/mol. The minimum atomic E-state index is -3.32. The number of rotatable bonds is 6. The van der Waals surface area contributed by atoms with Gasteiger partial charge in [-0.05, 0) is 42.3 Å². The van der Waals surface area contributed by atoms with E-state index in [1.807, 2.05) is 24.3 Å². The summed E-state index contributed by atoms with van der Waals surface area (Å²) in [6.07, 6.45) is 1.78. The molecule has 4 rings (SSSR count). The number of carbonyl (C=O) groups is 1. The van der Waals surface area contributed by atoms with Gasteiger partial charge >= 0.3 is 0 Å². The first kappa shape index (κ1) is 19.8. The molecule has 7 nitrogen and oxygen atoms in total. The molecule has 9 heteroatoms. The number of aromatic nitrogens is 1. The third-order valence-electron chi connectivity index (χ3n) is 4.86. The molecule has 0 radical (unpaired) electrons. The number of nitrogens with zero attached hydrogens (tertiary/aromatic N) is 3. The Hall–Kier alpha value is -2.49. The van der Waals surface area contributed by atoms with Crippen LogP contribution in [0.15, 0.2) is 42.5 Å². The molecule has 0 bridgehead atoms. The molecule has 0 saturated carbocycles. The summed E-state index contributed by atoms with van der Waals surface area (Å²) in [5.41, 5.74) is 2.86. The smallest absolute Gasteiger partial charge is 0.260 e. The lowest BCUT2D eigenvalue weighted by atomic mass is 10.1. The average molecular weight is 432 g/mol. The number of thiazole rings is 1. The van der Waals surface area contributed by atoms with Crippen molar-refractivity contribution in [2.24, 2.45) is 0 Å². The van der Waals surface area contributed by atoms with Crippen molar-refractivity contribution in [1.82, 2.24) is 4.98 Å². The van der Waals surface area contributed by atoms with Crippen LogP contribution < -0.4 is 9.21 Å².